The summed E-state index contributed by atoms with van der Waals surface area (Å²) in [4.78, 5) is 162. The lowest BCUT2D eigenvalue weighted by atomic mass is 9.79. The molecular formula is C61H80N6O22S2. The molecular weight excluding hydrogens is 1230 g/mol. The Morgan fingerprint density at radius 2 is 0.945 bits per heavy atom. The maximum Gasteiger partial charge on any atom is 0.413 e. The number of nitrogens with zero attached hydrogens (tertiary/aromatic N) is 6. The van der Waals surface area contributed by atoms with Crippen molar-refractivity contribution < 1.29 is 106 Å². The molecule has 0 spiro atoms. The smallest absolute Gasteiger partial charge is 0.413 e. The fourth-order valence-corrected chi connectivity index (χ4v) is 15.3. The largest absolute Gasteiger partial charge is 0.428 e. The Kier molecular flexibility index (Phi) is 23.1. The van der Waals surface area contributed by atoms with Crippen LogP contribution in [0.2, 0.25) is 0 Å². The number of benzene rings is 1. The number of carbonyl (C=O) groups is 12. The number of hydrogen-bond acceptors (Lipinski definition) is 24. The van der Waals surface area contributed by atoms with Crippen LogP contribution in [0.5, 0.6) is 0 Å². The van der Waals surface area contributed by atoms with Crippen molar-refractivity contribution in [3.8, 4) is 0 Å². The Labute approximate surface area is 534 Å². The molecule has 6 amide bonds. The van der Waals surface area contributed by atoms with Crippen LogP contribution in [0.3, 0.4) is 0 Å². The number of likely N-dealkylation sites (N-methyl/N-ethyl adjacent to an activating group) is 2. The normalized spacial score (nSPS) is 26.2. The molecule has 2 N–H and O–H groups in total. The van der Waals surface area contributed by atoms with Crippen LogP contribution in [0, 0.1) is 35.5 Å². The molecule has 1 aromatic rings. The first-order valence-corrected chi connectivity index (χ1v) is 32.2. The van der Waals surface area contributed by atoms with Crippen LogP contribution in [-0.4, -0.2) is 227 Å². The SMILES string of the molecule is CCCC(=O)OCOC(=O)C1=C(S[C@H]2C[C@@H](C(=O)N(C)C)N(C(=O)OCOC(=O)C3CCC3)C2)[C@H](C)[C@@H]2[C@@H]([C@@H](C)O)C(=O)N12.C[C@@H](O)[C@H]1C(=O)N2C(C(=O)OCOC(=O)c3ccccc3)=C(S[C@H]3C[C@@H](C(=O)N(C)C)N(C(=O)OCOC(=O)C4CCC4)C3)[C@H](C)[C@H]12. The van der Waals surface area contributed by atoms with Crippen molar-refractivity contribution in [3.63, 3.8) is 0 Å². The Hall–Kier alpha value is -7.44. The van der Waals surface area contributed by atoms with Gasteiger partial charge in [-0.15, -0.1) is 23.5 Å². The van der Waals surface area contributed by atoms with Gasteiger partial charge in [0.25, 0.3) is 0 Å². The molecule has 8 aliphatic rings. The fourth-order valence-electron chi connectivity index (χ4n) is 12.3. The van der Waals surface area contributed by atoms with E-state index in [0.717, 1.165) is 38.5 Å². The van der Waals surface area contributed by atoms with Gasteiger partial charge in [-0.2, -0.15) is 0 Å². The third-order valence-corrected chi connectivity index (χ3v) is 20.5. The summed E-state index contributed by atoms with van der Waals surface area (Å²) in [5, 5.41) is 19.8. The zero-order chi connectivity index (χ0) is 66.3. The molecule has 2 aliphatic carbocycles. The van der Waals surface area contributed by atoms with Crippen LogP contribution >= 0.6 is 23.5 Å². The molecule has 30 heteroatoms. The van der Waals surface area contributed by atoms with Gasteiger partial charge >= 0.3 is 48.0 Å². The highest BCUT2D eigenvalue weighted by molar-refractivity contribution is 8.04. The van der Waals surface area contributed by atoms with Crippen LogP contribution in [-0.2, 0) is 81.0 Å². The number of hydrogen-bond donors (Lipinski definition) is 2. The van der Waals surface area contributed by atoms with Gasteiger partial charge in [0.15, 0.2) is 0 Å². The molecule has 0 radical (unpaired) electrons. The number of aliphatic hydroxyl groups is 2. The predicted octanol–water partition coefficient (Wildman–Crippen LogP) is 3.72. The quantitative estimate of drug-likeness (QED) is 0.0682. The second-order valence-electron chi connectivity index (χ2n) is 24.1. The zero-order valence-electron chi connectivity index (χ0n) is 52.3. The molecule has 0 unspecified atom stereocenters. The molecule has 1 aromatic carbocycles. The third kappa shape index (κ3) is 15.2. The third-order valence-electron chi connectivity index (χ3n) is 17.5. The van der Waals surface area contributed by atoms with E-state index >= 15 is 0 Å². The first-order chi connectivity index (χ1) is 43.3. The van der Waals surface area contributed by atoms with Gasteiger partial charge in [-0.05, 0) is 70.9 Å². The van der Waals surface area contributed by atoms with Crippen LogP contribution in [0.25, 0.3) is 0 Å². The van der Waals surface area contributed by atoms with Gasteiger partial charge < -0.3 is 67.7 Å². The maximum absolute atomic E-state index is 13.5. The van der Waals surface area contributed by atoms with Gasteiger partial charge in [-0.3, -0.25) is 43.4 Å². The fraction of sp³-hybridized carbons (Fsp3) is 0.639. The minimum atomic E-state index is -0.961. The van der Waals surface area contributed by atoms with Gasteiger partial charge in [-0.25, -0.2) is 24.0 Å². The molecule has 6 heterocycles. The first-order valence-electron chi connectivity index (χ1n) is 30.5. The topological polar surface area (TPSA) is 339 Å². The molecule has 28 nitrogen and oxygen atoms in total. The lowest BCUT2D eigenvalue weighted by molar-refractivity contribution is -0.172. The van der Waals surface area contributed by atoms with Crippen molar-refractivity contribution in [2.75, 3.05) is 68.5 Å². The number of aliphatic hydroxyl groups excluding tert-OH is 2. The number of fused-ring (bicyclic) bond motifs is 2. The highest BCUT2D eigenvalue weighted by Gasteiger charge is 2.62. The predicted molar refractivity (Wildman–Crippen MR) is 319 cm³/mol. The van der Waals surface area contributed by atoms with E-state index in [1.54, 1.807) is 65.4 Å². The second kappa shape index (κ2) is 30.3. The zero-order valence-corrected chi connectivity index (χ0v) is 54.0. The average molecular weight is 1310 g/mol. The van der Waals surface area contributed by atoms with Gasteiger partial charge in [0.05, 0.1) is 53.5 Å². The second-order valence-corrected chi connectivity index (χ2v) is 26.8. The van der Waals surface area contributed by atoms with E-state index in [2.05, 4.69) is 0 Å². The van der Waals surface area contributed by atoms with E-state index in [4.69, 9.17) is 37.9 Å². The molecule has 6 aliphatic heterocycles. The minimum Gasteiger partial charge on any atom is -0.428 e. The monoisotopic (exact) mass is 1310 g/mol. The van der Waals surface area contributed by atoms with E-state index in [-0.39, 0.29) is 90.0 Å². The standard InChI is InChI=1S/C32H39N3O11S.C29H41N3O11S/c1-17-24-23(18(2)36)28(38)35(24)25(31(41)45-15-43-29(39)19-9-6-5-7-10-19)26(17)47-21-13-22(27(37)33(3)4)34(14-21)32(42)46-16-44-30(40)20-11-8-12-20;1-6-8-20(34)40-13-42-28(38)23-24(15(2)22-21(16(3)33)26(36)32(22)23)44-18-11-19(25(35)30(4)5)31(12-18)29(39)43-14-41-27(37)17-9-7-10-17/h5-7,9-10,17-18,20-24,36H,8,11-16H2,1-4H3;15-19,21-22,33H,6-14H2,1-5H3/t17-,18-,21+,22+,23-,24-;15-,16-,18+,19+,21-,22-/m11/s1. The lowest BCUT2D eigenvalue weighted by Gasteiger charge is -2.46. The Bertz CT molecular complexity index is 3040. The van der Waals surface area contributed by atoms with Crippen molar-refractivity contribution in [2.24, 2.45) is 35.5 Å². The van der Waals surface area contributed by atoms with Crippen molar-refractivity contribution >= 4 is 95.2 Å². The average Bonchev–Trinajstić information content (AvgIpc) is 1.58. The molecule has 9 rings (SSSR count). The summed E-state index contributed by atoms with van der Waals surface area (Å²) in [5.41, 5.74) is 0.249. The van der Waals surface area contributed by atoms with Gasteiger partial charge in [0.1, 0.15) is 23.5 Å². The summed E-state index contributed by atoms with van der Waals surface area (Å²) >= 11 is 2.50. The van der Waals surface area contributed by atoms with Crippen LogP contribution < -0.4 is 0 Å². The summed E-state index contributed by atoms with van der Waals surface area (Å²) in [7, 11) is 6.28. The number of ether oxygens (including phenoxy) is 8. The molecule has 12 atom stereocenters. The van der Waals surface area contributed by atoms with Crippen molar-refractivity contribution in [2.45, 2.75) is 146 Å². The van der Waals surface area contributed by atoms with E-state index in [1.807, 2.05) is 13.8 Å². The van der Waals surface area contributed by atoms with Crippen LogP contribution in [0.1, 0.15) is 109 Å². The molecule has 498 valence electrons. The summed E-state index contributed by atoms with van der Waals surface area (Å²) in [6.45, 7) is 6.21. The number of β-lactam (4-membered cyclic amide) rings is 2. The van der Waals surface area contributed by atoms with Crippen molar-refractivity contribution in [1.82, 2.24) is 29.4 Å². The summed E-state index contributed by atoms with van der Waals surface area (Å²) in [5.74, 6) is -7.89. The first kappa shape index (κ1) is 69.4. The van der Waals surface area contributed by atoms with E-state index < -0.39 is 140 Å². The number of thioether (sulfide) groups is 2. The number of carbonyl (C=O) groups excluding carboxylic acids is 12. The molecule has 6 fully saturated rings. The molecule has 0 bridgehead atoms. The number of likely N-dealkylation sites (tertiary alicyclic amines) is 2. The highest BCUT2D eigenvalue weighted by atomic mass is 32.2. The Balaban J connectivity index is 0.000000235. The highest BCUT2D eigenvalue weighted by Crippen LogP contribution is 2.54. The summed E-state index contributed by atoms with van der Waals surface area (Å²) < 4.78 is 41.2. The molecule has 91 heavy (non-hydrogen) atoms. The number of esters is 6. The van der Waals surface area contributed by atoms with E-state index in [0.29, 0.717) is 16.2 Å². The molecule has 2 saturated carbocycles. The van der Waals surface area contributed by atoms with Crippen molar-refractivity contribution in [3.05, 3.63) is 57.1 Å². The van der Waals surface area contributed by atoms with E-state index in [9.17, 15) is 67.7 Å². The van der Waals surface area contributed by atoms with Gasteiger partial charge in [0, 0.05) is 79.8 Å². The van der Waals surface area contributed by atoms with Crippen LogP contribution in [0.15, 0.2) is 51.5 Å². The molecule has 0 aromatic heterocycles. The van der Waals surface area contributed by atoms with Gasteiger partial charge in [-0.1, -0.05) is 51.8 Å². The summed E-state index contributed by atoms with van der Waals surface area (Å²) in [6, 6.07) is 5.43. The number of rotatable bonds is 23. The Morgan fingerprint density at radius 1 is 0.560 bits per heavy atom. The minimum absolute atomic E-state index is 0.000333. The maximum atomic E-state index is 13.5. The lowest BCUT2D eigenvalue weighted by Crippen LogP contribution is -2.63. The number of amides is 6. The Morgan fingerprint density at radius 3 is 1.31 bits per heavy atom. The van der Waals surface area contributed by atoms with Crippen LogP contribution in [0.4, 0.5) is 9.59 Å². The summed E-state index contributed by atoms with van der Waals surface area (Å²) in [6.07, 6.45) is 2.49. The van der Waals surface area contributed by atoms with E-state index in [1.165, 1.54) is 66.8 Å². The molecule has 4 saturated heterocycles. The van der Waals surface area contributed by atoms with Gasteiger partial charge in [0.2, 0.25) is 50.8 Å². The van der Waals surface area contributed by atoms with Crippen molar-refractivity contribution in [1.29, 1.82) is 0 Å².